The normalized spacial score (nSPS) is 10.0. The summed E-state index contributed by atoms with van der Waals surface area (Å²) in [6.07, 6.45) is 5.33. The van der Waals surface area contributed by atoms with Crippen molar-refractivity contribution in [3.05, 3.63) is 50.7 Å². The van der Waals surface area contributed by atoms with Crippen molar-refractivity contribution in [2.75, 3.05) is 6.54 Å². The Morgan fingerprint density at radius 2 is 2.44 bits per heavy atom. The van der Waals surface area contributed by atoms with E-state index in [1.807, 2.05) is 0 Å². The van der Waals surface area contributed by atoms with Gasteiger partial charge < -0.3 is 0 Å². The lowest BCUT2D eigenvalue weighted by atomic mass is 10.3. The standard InChI is InChI=1S/C9H9N5O2/c10-13-12-6-2-1-3-8-4-5-9(7-11-8)14(15)16/h1,3-5,7H,2,6H2. The minimum Gasteiger partial charge on any atom is -0.258 e. The van der Waals surface area contributed by atoms with E-state index in [2.05, 4.69) is 15.0 Å². The van der Waals surface area contributed by atoms with Gasteiger partial charge in [-0.2, -0.15) is 0 Å². The molecule has 0 fully saturated rings. The van der Waals surface area contributed by atoms with Crippen LogP contribution in [0.15, 0.2) is 29.5 Å². The van der Waals surface area contributed by atoms with E-state index in [1.54, 1.807) is 18.2 Å². The number of hydrogen-bond donors (Lipinski definition) is 0. The lowest BCUT2D eigenvalue weighted by Gasteiger charge is -1.92. The molecule has 0 saturated heterocycles. The van der Waals surface area contributed by atoms with E-state index < -0.39 is 4.92 Å². The topological polar surface area (TPSA) is 105 Å². The third kappa shape index (κ3) is 3.77. The first kappa shape index (κ1) is 11.7. The predicted octanol–water partition coefficient (Wildman–Crippen LogP) is 2.70. The highest BCUT2D eigenvalue weighted by Gasteiger charge is 2.03. The van der Waals surface area contributed by atoms with Crippen molar-refractivity contribution in [1.82, 2.24) is 4.98 Å². The minimum atomic E-state index is -0.498. The third-order valence-corrected chi connectivity index (χ3v) is 1.73. The van der Waals surface area contributed by atoms with Gasteiger partial charge in [0.2, 0.25) is 0 Å². The molecule has 1 aromatic heterocycles. The van der Waals surface area contributed by atoms with Gasteiger partial charge in [-0.3, -0.25) is 10.1 Å². The summed E-state index contributed by atoms with van der Waals surface area (Å²) in [6.45, 7) is 0.389. The Morgan fingerprint density at radius 3 is 3.00 bits per heavy atom. The van der Waals surface area contributed by atoms with Crippen LogP contribution in [-0.4, -0.2) is 16.5 Å². The van der Waals surface area contributed by atoms with E-state index >= 15 is 0 Å². The molecule has 0 saturated carbocycles. The summed E-state index contributed by atoms with van der Waals surface area (Å²) in [5.41, 5.74) is 8.62. The molecule has 0 spiro atoms. The number of rotatable bonds is 5. The largest absolute Gasteiger partial charge is 0.287 e. The molecule has 1 aromatic rings. The average molecular weight is 219 g/mol. The first-order chi connectivity index (χ1) is 7.74. The van der Waals surface area contributed by atoms with Gasteiger partial charge in [0.1, 0.15) is 6.20 Å². The molecular weight excluding hydrogens is 210 g/mol. The number of hydrogen-bond acceptors (Lipinski definition) is 4. The lowest BCUT2D eigenvalue weighted by Crippen LogP contribution is -1.89. The minimum absolute atomic E-state index is 0.0359. The summed E-state index contributed by atoms with van der Waals surface area (Å²) in [6, 6.07) is 2.95. The van der Waals surface area contributed by atoms with E-state index in [-0.39, 0.29) is 5.69 Å². The number of azide groups is 1. The summed E-state index contributed by atoms with van der Waals surface area (Å²) >= 11 is 0. The number of aromatic nitrogens is 1. The van der Waals surface area contributed by atoms with Crippen LogP contribution in [0.3, 0.4) is 0 Å². The van der Waals surface area contributed by atoms with Crippen LogP contribution in [0.25, 0.3) is 16.5 Å². The Labute approximate surface area is 91.2 Å². The Kier molecular flexibility index (Phi) is 4.49. The van der Waals surface area contributed by atoms with Gasteiger partial charge in [-0.25, -0.2) is 4.98 Å². The van der Waals surface area contributed by atoms with Gasteiger partial charge in [-0.15, -0.1) is 0 Å². The van der Waals surface area contributed by atoms with Crippen LogP contribution in [-0.2, 0) is 0 Å². The summed E-state index contributed by atoms with van der Waals surface area (Å²) in [7, 11) is 0. The Hall–Kier alpha value is -2.40. The number of pyridine rings is 1. The second-order valence-electron chi connectivity index (χ2n) is 2.84. The first-order valence-electron chi connectivity index (χ1n) is 4.52. The van der Waals surface area contributed by atoms with Gasteiger partial charge in [-0.1, -0.05) is 11.2 Å². The first-order valence-corrected chi connectivity index (χ1v) is 4.52. The molecule has 0 radical (unpaired) electrons. The van der Waals surface area contributed by atoms with Crippen LogP contribution in [0.1, 0.15) is 12.1 Å². The molecule has 0 amide bonds. The second-order valence-corrected chi connectivity index (χ2v) is 2.84. The van der Waals surface area contributed by atoms with Gasteiger partial charge in [-0.05, 0) is 24.1 Å². The van der Waals surface area contributed by atoms with Crippen molar-refractivity contribution in [3.63, 3.8) is 0 Å². The quantitative estimate of drug-likeness (QED) is 0.190. The van der Waals surface area contributed by atoms with Crippen LogP contribution in [0, 0.1) is 10.1 Å². The fraction of sp³-hybridized carbons (Fsp3) is 0.222. The molecule has 82 valence electrons. The van der Waals surface area contributed by atoms with Gasteiger partial charge >= 0.3 is 0 Å². The molecule has 0 atom stereocenters. The van der Waals surface area contributed by atoms with Gasteiger partial charge in [0.05, 0.1) is 10.6 Å². The van der Waals surface area contributed by atoms with Gasteiger partial charge in [0.25, 0.3) is 5.69 Å². The monoisotopic (exact) mass is 219 g/mol. The highest BCUT2D eigenvalue weighted by molar-refractivity contribution is 5.46. The molecule has 0 aliphatic heterocycles. The maximum absolute atomic E-state index is 10.3. The maximum Gasteiger partial charge on any atom is 0.287 e. The molecule has 7 nitrogen and oxygen atoms in total. The van der Waals surface area contributed by atoms with Crippen molar-refractivity contribution < 1.29 is 4.92 Å². The molecule has 0 aromatic carbocycles. The molecule has 0 aliphatic carbocycles. The zero-order valence-corrected chi connectivity index (χ0v) is 8.35. The smallest absolute Gasteiger partial charge is 0.258 e. The fourth-order valence-electron chi connectivity index (χ4n) is 0.985. The molecular formula is C9H9N5O2. The van der Waals surface area contributed by atoms with Crippen molar-refractivity contribution in [2.45, 2.75) is 6.42 Å². The fourth-order valence-corrected chi connectivity index (χ4v) is 0.985. The van der Waals surface area contributed by atoms with E-state index in [0.717, 1.165) is 0 Å². The van der Waals surface area contributed by atoms with Crippen LogP contribution in [0.5, 0.6) is 0 Å². The lowest BCUT2D eigenvalue weighted by molar-refractivity contribution is -0.385. The van der Waals surface area contributed by atoms with Crippen molar-refractivity contribution in [3.8, 4) is 0 Å². The van der Waals surface area contributed by atoms with Crippen molar-refractivity contribution in [2.24, 2.45) is 5.11 Å². The van der Waals surface area contributed by atoms with Gasteiger partial charge in [0, 0.05) is 17.5 Å². The Morgan fingerprint density at radius 1 is 1.62 bits per heavy atom. The van der Waals surface area contributed by atoms with E-state index in [9.17, 15) is 10.1 Å². The second kappa shape index (κ2) is 6.15. The summed E-state index contributed by atoms with van der Waals surface area (Å²) in [4.78, 5) is 16.3. The van der Waals surface area contributed by atoms with E-state index in [4.69, 9.17) is 5.53 Å². The number of nitro groups is 1. The van der Waals surface area contributed by atoms with Crippen molar-refractivity contribution in [1.29, 1.82) is 0 Å². The molecule has 1 rings (SSSR count). The SMILES string of the molecule is [N-]=[N+]=NCCC=Cc1ccc([N+](=O)[O-])cn1. The molecule has 7 heteroatoms. The molecule has 16 heavy (non-hydrogen) atoms. The number of nitrogens with zero attached hydrogens (tertiary/aromatic N) is 5. The highest BCUT2D eigenvalue weighted by atomic mass is 16.6. The molecule has 1 heterocycles. The Bertz CT molecular complexity index is 434. The zero-order chi connectivity index (χ0) is 11.8. The molecule has 0 N–H and O–H groups in total. The van der Waals surface area contributed by atoms with Crippen LogP contribution in [0.4, 0.5) is 5.69 Å². The Balaban J connectivity index is 2.54. The maximum atomic E-state index is 10.3. The van der Waals surface area contributed by atoms with Crippen LogP contribution in [0.2, 0.25) is 0 Å². The third-order valence-electron chi connectivity index (χ3n) is 1.73. The average Bonchev–Trinajstić information content (AvgIpc) is 2.29. The molecule has 0 bridgehead atoms. The van der Waals surface area contributed by atoms with Crippen LogP contribution >= 0.6 is 0 Å². The van der Waals surface area contributed by atoms with E-state index in [0.29, 0.717) is 18.7 Å². The van der Waals surface area contributed by atoms with E-state index in [1.165, 1.54) is 12.3 Å². The molecule has 0 unspecified atom stereocenters. The summed E-state index contributed by atoms with van der Waals surface area (Å²) in [5.74, 6) is 0. The summed E-state index contributed by atoms with van der Waals surface area (Å²) in [5, 5.41) is 13.7. The van der Waals surface area contributed by atoms with Crippen molar-refractivity contribution >= 4 is 11.8 Å². The summed E-state index contributed by atoms with van der Waals surface area (Å²) < 4.78 is 0. The van der Waals surface area contributed by atoms with Crippen LogP contribution < -0.4 is 0 Å². The molecule has 0 aliphatic rings. The van der Waals surface area contributed by atoms with Gasteiger partial charge in [0.15, 0.2) is 0 Å². The predicted molar refractivity (Wildman–Crippen MR) is 58.6 cm³/mol. The zero-order valence-electron chi connectivity index (χ0n) is 8.35. The highest BCUT2D eigenvalue weighted by Crippen LogP contribution is 2.09.